The molecule has 5 rings (SSSR count). The van der Waals surface area contributed by atoms with E-state index in [9.17, 15) is 24.3 Å². The molecule has 43 heavy (non-hydrogen) atoms. The molecule has 2 N–H and O–H groups in total. The van der Waals surface area contributed by atoms with Crippen LogP contribution in [0.15, 0.2) is 10.9 Å². The summed E-state index contributed by atoms with van der Waals surface area (Å²) in [5.41, 5.74) is -0.776. The van der Waals surface area contributed by atoms with Crippen LogP contribution in [0.4, 0.5) is 4.79 Å². The third-order valence-corrected chi connectivity index (χ3v) is 8.37. The number of carbonyl (C=O) groups excluding carboxylic acids is 3. The Bertz CT molecular complexity index is 1530. The maximum absolute atomic E-state index is 13.7. The predicted octanol–water partition coefficient (Wildman–Crippen LogP) is 3.46. The molecule has 2 aromatic rings. The van der Waals surface area contributed by atoms with Gasteiger partial charge < -0.3 is 25.0 Å². The highest BCUT2D eigenvalue weighted by atomic mass is 16.6. The lowest BCUT2D eigenvalue weighted by Gasteiger charge is -2.45. The maximum atomic E-state index is 13.7. The number of aromatic hydroxyl groups is 1. The van der Waals surface area contributed by atoms with Crippen LogP contribution in [-0.2, 0) is 16.1 Å². The molecule has 3 aliphatic rings. The first-order chi connectivity index (χ1) is 20.2. The molecule has 1 saturated carbocycles. The predicted molar refractivity (Wildman–Crippen MR) is 161 cm³/mol. The molecule has 234 valence electrons. The Morgan fingerprint density at radius 2 is 1.84 bits per heavy atom. The smallest absolute Gasteiger partial charge is 0.410 e. The van der Waals surface area contributed by atoms with Gasteiger partial charge in [-0.1, -0.05) is 13.8 Å². The summed E-state index contributed by atoms with van der Waals surface area (Å²) in [6, 6.07) is 0.0127. The molecule has 1 atom stereocenters. The molecule has 1 unspecified atom stereocenters. The molecule has 12 heteroatoms. The van der Waals surface area contributed by atoms with E-state index in [4.69, 9.17) is 4.74 Å². The summed E-state index contributed by atoms with van der Waals surface area (Å²) in [5, 5.41) is 18.5. The fourth-order valence-electron chi connectivity index (χ4n) is 6.33. The zero-order valence-electron chi connectivity index (χ0n) is 26.1. The first-order valence-electron chi connectivity index (χ1n) is 15.3. The van der Waals surface area contributed by atoms with E-state index in [2.05, 4.69) is 10.4 Å². The molecule has 12 nitrogen and oxygen atoms in total. The van der Waals surface area contributed by atoms with E-state index < -0.39 is 28.5 Å². The number of ether oxygens (including phenoxy) is 1. The van der Waals surface area contributed by atoms with Gasteiger partial charge in [-0.2, -0.15) is 9.61 Å². The highest BCUT2D eigenvalue weighted by Gasteiger charge is 2.47. The summed E-state index contributed by atoms with van der Waals surface area (Å²) in [4.78, 5) is 56.5. The first kappa shape index (κ1) is 30.6. The zero-order chi connectivity index (χ0) is 31.3. The molecule has 2 aliphatic heterocycles. The number of likely N-dealkylation sites (tertiary alicyclic amines) is 2. The fourth-order valence-corrected chi connectivity index (χ4v) is 6.33. The van der Waals surface area contributed by atoms with E-state index in [1.165, 1.54) is 10.6 Å². The topological polar surface area (TPSA) is 138 Å². The average Bonchev–Trinajstić information content (AvgIpc) is 3.54. The molecule has 2 saturated heterocycles. The van der Waals surface area contributed by atoms with Crippen molar-refractivity contribution < 1.29 is 24.2 Å². The van der Waals surface area contributed by atoms with Crippen molar-refractivity contribution in [3.63, 3.8) is 0 Å². The Hall–Kier alpha value is -3.83. The summed E-state index contributed by atoms with van der Waals surface area (Å²) in [6.07, 6.45) is 7.66. The van der Waals surface area contributed by atoms with Gasteiger partial charge >= 0.3 is 6.09 Å². The van der Waals surface area contributed by atoms with Crippen molar-refractivity contribution in [1.82, 2.24) is 29.3 Å². The molecule has 2 aromatic heterocycles. The number of carbonyl (C=O) groups is 3. The zero-order valence-corrected chi connectivity index (χ0v) is 26.1. The van der Waals surface area contributed by atoms with Gasteiger partial charge in [0, 0.05) is 43.9 Å². The first-order valence-corrected chi connectivity index (χ1v) is 15.3. The Labute approximate surface area is 251 Å². The van der Waals surface area contributed by atoms with Crippen molar-refractivity contribution in [3.05, 3.63) is 33.3 Å². The number of rotatable bonds is 6. The van der Waals surface area contributed by atoms with E-state index in [0.717, 1.165) is 43.0 Å². The van der Waals surface area contributed by atoms with Crippen LogP contribution in [-0.4, -0.2) is 83.8 Å². The van der Waals surface area contributed by atoms with Crippen molar-refractivity contribution in [2.75, 3.05) is 19.6 Å². The summed E-state index contributed by atoms with van der Waals surface area (Å²) >= 11 is 0. The lowest BCUT2D eigenvalue weighted by atomic mass is 9.86. The second kappa shape index (κ2) is 11.3. The minimum absolute atomic E-state index is 0.0127. The second-order valence-corrected chi connectivity index (χ2v) is 13.6. The monoisotopic (exact) mass is 596 g/mol. The Balaban J connectivity index is 1.46. The van der Waals surface area contributed by atoms with Crippen molar-refractivity contribution in [1.29, 1.82) is 0 Å². The van der Waals surface area contributed by atoms with Gasteiger partial charge in [-0.15, -0.1) is 0 Å². The van der Waals surface area contributed by atoms with Gasteiger partial charge in [0.05, 0.1) is 11.2 Å². The fraction of sp³-hybridized carbons (Fsp3) is 0.645. The molecule has 0 radical (unpaired) electrons. The summed E-state index contributed by atoms with van der Waals surface area (Å²) in [6.45, 7) is 13.1. The minimum Gasteiger partial charge on any atom is -0.494 e. The van der Waals surface area contributed by atoms with Crippen LogP contribution in [0, 0.1) is 12.8 Å². The summed E-state index contributed by atoms with van der Waals surface area (Å²) in [7, 11) is 0. The SMILES string of the molecule is Cc1nn2c(=O)c(C(=O)NC3CC3)c(O)n(CC(C)C)c2c1/C=C/C(=O)N1CCCC12CCCN(C(=O)OC(C)(C)C)C2. The highest BCUT2D eigenvalue weighted by Crippen LogP contribution is 2.38. The van der Waals surface area contributed by atoms with Gasteiger partial charge in [0.25, 0.3) is 11.5 Å². The van der Waals surface area contributed by atoms with Crippen molar-refractivity contribution in [2.24, 2.45) is 5.92 Å². The number of hydrogen-bond acceptors (Lipinski definition) is 7. The average molecular weight is 597 g/mol. The van der Waals surface area contributed by atoms with Crippen LogP contribution in [0.3, 0.4) is 0 Å². The van der Waals surface area contributed by atoms with Crippen LogP contribution < -0.4 is 10.9 Å². The number of piperidine rings is 1. The highest BCUT2D eigenvalue weighted by molar-refractivity contribution is 5.97. The molecule has 3 fully saturated rings. The third-order valence-electron chi connectivity index (χ3n) is 8.37. The number of amides is 3. The van der Waals surface area contributed by atoms with E-state index in [-0.39, 0.29) is 29.5 Å². The number of aryl methyl sites for hydroxylation is 1. The number of nitrogens with one attached hydrogen (secondary N) is 1. The maximum Gasteiger partial charge on any atom is 0.410 e. The molecule has 4 heterocycles. The van der Waals surface area contributed by atoms with Crippen LogP contribution in [0.25, 0.3) is 11.7 Å². The Morgan fingerprint density at radius 1 is 1.16 bits per heavy atom. The van der Waals surface area contributed by atoms with E-state index in [1.54, 1.807) is 17.9 Å². The minimum atomic E-state index is -0.706. The largest absolute Gasteiger partial charge is 0.494 e. The standard InChI is InChI=1S/C31H44N6O6/c1-19(2)17-35-26-22(20(3)33-37(26)28(41)24(27(35)40)25(39)32-21-9-10-21)11-12-23(38)36-16-8-14-31(36)13-7-15-34(18-31)29(42)43-30(4,5)6/h11-12,19,21,40H,7-10,13-18H2,1-6H3,(H,32,39)/b12-11+. The van der Waals surface area contributed by atoms with Gasteiger partial charge in [-0.25, -0.2) is 4.79 Å². The van der Waals surface area contributed by atoms with Crippen LogP contribution in [0.5, 0.6) is 5.88 Å². The van der Waals surface area contributed by atoms with Crippen LogP contribution in [0.2, 0.25) is 0 Å². The van der Waals surface area contributed by atoms with Crippen molar-refractivity contribution in [2.45, 2.75) is 104 Å². The van der Waals surface area contributed by atoms with E-state index >= 15 is 0 Å². The quantitative estimate of drug-likeness (QED) is 0.487. The van der Waals surface area contributed by atoms with Crippen molar-refractivity contribution in [3.8, 4) is 5.88 Å². The molecule has 0 aromatic carbocycles. The number of nitrogens with zero attached hydrogens (tertiary/aromatic N) is 5. The summed E-state index contributed by atoms with van der Waals surface area (Å²) in [5.74, 6) is -1.14. The lowest BCUT2D eigenvalue weighted by molar-refractivity contribution is -0.132. The van der Waals surface area contributed by atoms with E-state index in [1.807, 2.05) is 39.5 Å². The van der Waals surface area contributed by atoms with Crippen LogP contribution >= 0.6 is 0 Å². The third kappa shape index (κ3) is 6.14. The summed E-state index contributed by atoms with van der Waals surface area (Å²) < 4.78 is 8.31. The molecule has 3 amide bonds. The molecule has 1 spiro atoms. The van der Waals surface area contributed by atoms with Gasteiger partial charge in [-0.05, 0) is 78.2 Å². The molecule has 0 bridgehead atoms. The molecular weight excluding hydrogens is 552 g/mol. The van der Waals surface area contributed by atoms with Gasteiger partial charge in [-0.3, -0.25) is 19.0 Å². The molecule has 1 aliphatic carbocycles. The van der Waals surface area contributed by atoms with E-state index in [0.29, 0.717) is 43.1 Å². The number of fused-ring (bicyclic) bond motifs is 1. The second-order valence-electron chi connectivity index (χ2n) is 13.6. The normalized spacial score (nSPS) is 21.0. The Morgan fingerprint density at radius 3 is 2.47 bits per heavy atom. The van der Waals surface area contributed by atoms with Crippen LogP contribution in [0.1, 0.15) is 94.8 Å². The van der Waals surface area contributed by atoms with Gasteiger partial charge in [0.2, 0.25) is 11.8 Å². The number of aromatic nitrogens is 3. The van der Waals surface area contributed by atoms with Gasteiger partial charge in [0.1, 0.15) is 11.2 Å². The lowest BCUT2D eigenvalue weighted by Crippen LogP contribution is -2.58. The number of hydrogen-bond donors (Lipinski definition) is 2. The van der Waals surface area contributed by atoms with Crippen molar-refractivity contribution >= 4 is 29.6 Å². The Kier molecular flexibility index (Phi) is 8.08. The van der Waals surface area contributed by atoms with Gasteiger partial charge in [0.15, 0.2) is 5.56 Å². The molecular formula is C31H44N6O6.